The van der Waals surface area contributed by atoms with E-state index in [4.69, 9.17) is 5.11 Å². The molecule has 3 nitrogen and oxygen atoms in total. The molecule has 0 heterocycles. The first kappa shape index (κ1) is 13.5. The highest BCUT2D eigenvalue weighted by Gasteiger charge is 1.91. The lowest BCUT2D eigenvalue weighted by atomic mass is 10.1. The zero-order chi connectivity index (χ0) is 11.8. The van der Waals surface area contributed by atoms with Gasteiger partial charge in [-0.05, 0) is 32.4 Å². The molecule has 0 saturated carbocycles. The maximum atomic E-state index is 9.82. The lowest BCUT2D eigenvalue weighted by Crippen LogP contribution is -1.95. The van der Waals surface area contributed by atoms with Gasteiger partial charge < -0.3 is 9.84 Å². The van der Waals surface area contributed by atoms with Crippen LogP contribution >= 0.6 is 0 Å². The third-order valence-electron chi connectivity index (χ3n) is 1.70. The molecule has 1 rings (SSSR count). The summed E-state index contributed by atoms with van der Waals surface area (Å²) >= 11 is 0. The average Bonchev–Trinajstić information content (AvgIpc) is 2.13. The Kier molecular flexibility index (Phi) is 6.18. The molecule has 0 spiro atoms. The zero-order valence-electron chi connectivity index (χ0n) is 9.70. The van der Waals surface area contributed by atoms with Gasteiger partial charge in [-0.25, -0.2) is 0 Å². The number of benzene rings is 1. The van der Waals surface area contributed by atoms with E-state index in [0.717, 1.165) is 5.56 Å². The summed E-state index contributed by atoms with van der Waals surface area (Å²) in [6.45, 7) is 7.55. The molecule has 3 heteroatoms. The van der Waals surface area contributed by atoms with Gasteiger partial charge in [0.25, 0.3) is 0 Å². The molecule has 0 unspecified atom stereocenters. The molecule has 0 radical (unpaired) electrons. The summed E-state index contributed by atoms with van der Waals surface area (Å²) in [6.07, 6.45) is 0. The molecule has 0 aromatic heterocycles. The second kappa shape index (κ2) is 6.87. The molecule has 0 fully saturated rings. The number of rotatable bonds is 1. The van der Waals surface area contributed by atoms with Crippen LogP contribution in [0.15, 0.2) is 18.2 Å². The number of esters is 1. The summed E-state index contributed by atoms with van der Waals surface area (Å²) in [7, 11) is 0. The molecule has 0 atom stereocenters. The van der Waals surface area contributed by atoms with Crippen molar-refractivity contribution in [1.82, 2.24) is 0 Å². The van der Waals surface area contributed by atoms with E-state index in [2.05, 4.69) is 4.74 Å². The molecule has 0 bridgehead atoms. The molecule has 84 valence electrons. The Morgan fingerprint density at radius 3 is 2.27 bits per heavy atom. The fraction of sp³-hybridized carbons (Fsp3) is 0.417. The van der Waals surface area contributed by atoms with E-state index < -0.39 is 0 Å². The predicted molar refractivity (Wildman–Crippen MR) is 59.9 cm³/mol. The SMILES string of the molecule is CCOC(C)=O.Cc1ccc(O)c(C)c1. The molecule has 0 aliphatic rings. The third-order valence-corrected chi connectivity index (χ3v) is 1.70. The minimum atomic E-state index is -0.211. The number of phenolic OH excluding ortho intramolecular Hbond substituents is 1. The summed E-state index contributed by atoms with van der Waals surface area (Å²) in [4.78, 5) is 9.82. The van der Waals surface area contributed by atoms with E-state index in [0.29, 0.717) is 12.4 Å². The van der Waals surface area contributed by atoms with Crippen LogP contribution in [0.1, 0.15) is 25.0 Å². The van der Waals surface area contributed by atoms with Crippen LogP contribution in [0.5, 0.6) is 5.75 Å². The van der Waals surface area contributed by atoms with Crippen LogP contribution in [0, 0.1) is 13.8 Å². The van der Waals surface area contributed by atoms with Crippen LogP contribution in [-0.4, -0.2) is 17.7 Å². The van der Waals surface area contributed by atoms with Gasteiger partial charge in [0, 0.05) is 6.92 Å². The fourth-order valence-corrected chi connectivity index (χ4v) is 1.01. The Hall–Kier alpha value is -1.51. The first-order valence-electron chi connectivity index (χ1n) is 4.87. The van der Waals surface area contributed by atoms with Gasteiger partial charge in [-0.1, -0.05) is 17.7 Å². The second-order valence-electron chi connectivity index (χ2n) is 3.21. The van der Waals surface area contributed by atoms with Gasteiger partial charge in [0.1, 0.15) is 5.75 Å². The largest absolute Gasteiger partial charge is 0.508 e. The second-order valence-corrected chi connectivity index (χ2v) is 3.21. The quantitative estimate of drug-likeness (QED) is 0.725. The highest BCUT2D eigenvalue weighted by atomic mass is 16.5. The van der Waals surface area contributed by atoms with Crippen molar-refractivity contribution in [2.75, 3.05) is 6.61 Å². The molecule has 0 aliphatic carbocycles. The van der Waals surface area contributed by atoms with E-state index in [1.807, 2.05) is 26.0 Å². The molecular weight excluding hydrogens is 192 g/mol. The van der Waals surface area contributed by atoms with Gasteiger partial charge in [-0.15, -0.1) is 0 Å². The molecule has 0 amide bonds. The van der Waals surface area contributed by atoms with Gasteiger partial charge in [0.05, 0.1) is 6.61 Å². The monoisotopic (exact) mass is 210 g/mol. The third kappa shape index (κ3) is 6.55. The number of carbonyl (C=O) groups excluding carboxylic acids is 1. The highest BCUT2D eigenvalue weighted by Crippen LogP contribution is 2.15. The van der Waals surface area contributed by atoms with Crippen molar-refractivity contribution in [2.45, 2.75) is 27.7 Å². The number of phenols is 1. The van der Waals surface area contributed by atoms with Gasteiger partial charge in [0.15, 0.2) is 0 Å². The number of ether oxygens (including phenoxy) is 1. The van der Waals surface area contributed by atoms with Crippen LogP contribution in [0.25, 0.3) is 0 Å². The molecule has 0 saturated heterocycles. The van der Waals surface area contributed by atoms with Crippen molar-refractivity contribution in [3.8, 4) is 5.75 Å². The van der Waals surface area contributed by atoms with Gasteiger partial charge >= 0.3 is 5.97 Å². The minimum Gasteiger partial charge on any atom is -0.508 e. The molecule has 0 aliphatic heterocycles. The van der Waals surface area contributed by atoms with Crippen molar-refractivity contribution >= 4 is 5.97 Å². The smallest absolute Gasteiger partial charge is 0.302 e. The summed E-state index contributed by atoms with van der Waals surface area (Å²) in [5.74, 6) is 0.165. The van der Waals surface area contributed by atoms with Gasteiger partial charge in [-0.2, -0.15) is 0 Å². The summed E-state index contributed by atoms with van der Waals surface area (Å²) in [6, 6.07) is 5.56. The molecule has 1 aromatic rings. The first-order chi connectivity index (χ1) is 6.97. The average molecular weight is 210 g/mol. The van der Waals surface area contributed by atoms with E-state index >= 15 is 0 Å². The Morgan fingerprint density at radius 2 is 2.00 bits per heavy atom. The normalized spacial score (nSPS) is 8.80. The molecule has 1 N–H and O–H groups in total. The van der Waals surface area contributed by atoms with E-state index in [-0.39, 0.29) is 5.97 Å². The summed E-state index contributed by atoms with van der Waals surface area (Å²) in [5.41, 5.74) is 2.13. The van der Waals surface area contributed by atoms with Crippen molar-refractivity contribution in [3.63, 3.8) is 0 Å². The topological polar surface area (TPSA) is 46.5 Å². The standard InChI is InChI=1S/C8H10O.C4H8O2/c1-6-3-4-8(9)7(2)5-6;1-3-6-4(2)5/h3-5,9H,1-2H3;3H2,1-2H3. The Balaban J connectivity index is 0.000000288. The van der Waals surface area contributed by atoms with Crippen molar-refractivity contribution in [1.29, 1.82) is 0 Å². The Bertz CT molecular complexity index is 319. The lowest BCUT2D eigenvalue weighted by molar-refractivity contribution is -0.140. The van der Waals surface area contributed by atoms with E-state index in [1.54, 1.807) is 13.0 Å². The van der Waals surface area contributed by atoms with Crippen molar-refractivity contribution in [3.05, 3.63) is 29.3 Å². The number of aryl methyl sites for hydroxylation is 2. The van der Waals surface area contributed by atoms with E-state index in [1.165, 1.54) is 12.5 Å². The Morgan fingerprint density at radius 1 is 1.40 bits per heavy atom. The highest BCUT2D eigenvalue weighted by molar-refractivity contribution is 5.65. The van der Waals surface area contributed by atoms with Crippen LogP contribution in [0.4, 0.5) is 0 Å². The van der Waals surface area contributed by atoms with Crippen LogP contribution < -0.4 is 0 Å². The molecule has 1 aromatic carbocycles. The van der Waals surface area contributed by atoms with Crippen LogP contribution in [0.2, 0.25) is 0 Å². The summed E-state index contributed by atoms with van der Waals surface area (Å²) < 4.78 is 4.40. The van der Waals surface area contributed by atoms with Crippen molar-refractivity contribution in [2.24, 2.45) is 0 Å². The lowest BCUT2D eigenvalue weighted by Gasteiger charge is -1.97. The predicted octanol–water partition coefficient (Wildman–Crippen LogP) is 2.58. The van der Waals surface area contributed by atoms with Crippen LogP contribution in [0.3, 0.4) is 0 Å². The van der Waals surface area contributed by atoms with Gasteiger partial charge in [0.2, 0.25) is 0 Å². The maximum Gasteiger partial charge on any atom is 0.302 e. The van der Waals surface area contributed by atoms with Crippen molar-refractivity contribution < 1.29 is 14.6 Å². The van der Waals surface area contributed by atoms with Crippen LogP contribution in [-0.2, 0) is 9.53 Å². The summed E-state index contributed by atoms with van der Waals surface area (Å²) in [5, 5.41) is 9.04. The number of hydrogen-bond acceptors (Lipinski definition) is 3. The maximum absolute atomic E-state index is 9.82. The van der Waals surface area contributed by atoms with E-state index in [9.17, 15) is 4.79 Å². The minimum absolute atomic E-state index is 0.211. The fourth-order valence-electron chi connectivity index (χ4n) is 1.01. The van der Waals surface area contributed by atoms with Gasteiger partial charge in [-0.3, -0.25) is 4.79 Å². The number of aromatic hydroxyl groups is 1. The zero-order valence-corrected chi connectivity index (χ0v) is 9.70. The molecular formula is C12H18O3. The number of hydrogen-bond donors (Lipinski definition) is 1. The molecule has 15 heavy (non-hydrogen) atoms. The number of carbonyl (C=O) groups is 1. The first-order valence-corrected chi connectivity index (χ1v) is 4.87. The Labute approximate surface area is 90.7 Å².